The maximum absolute atomic E-state index is 12.9. The van der Waals surface area contributed by atoms with Gasteiger partial charge >= 0.3 is 0 Å². The van der Waals surface area contributed by atoms with Crippen molar-refractivity contribution in [1.82, 2.24) is 4.90 Å². The van der Waals surface area contributed by atoms with Crippen LogP contribution < -0.4 is 15.8 Å². The summed E-state index contributed by atoms with van der Waals surface area (Å²) < 4.78 is 5.97. The van der Waals surface area contributed by atoms with Gasteiger partial charge in [-0.3, -0.25) is 4.79 Å². The van der Waals surface area contributed by atoms with Crippen LogP contribution >= 0.6 is 24.8 Å². The van der Waals surface area contributed by atoms with E-state index >= 15 is 0 Å². The second-order valence-corrected chi connectivity index (χ2v) is 8.06. The number of carbonyl (C=O) groups excluding carboxylic acids is 1. The number of nitrogens with two attached hydrogens (primary N) is 1. The summed E-state index contributed by atoms with van der Waals surface area (Å²) in [7, 11) is 0. The van der Waals surface area contributed by atoms with Gasteiger partial charge in [0.05, 0.1) is 5.69 Å². The normalized spacial score (nSPS) is 25.5. The zero-order valence-electron chi connectivity index (χ0n) is 17.6. The molecule has 3 N–H and O–H groups in total. The van der Waals surface area contributed by atoms with Gasteiger partial charge in [-0.1, -0.05) is 32.4 Å². The average Bonchev–Trinajstić information content (AvgIpc) is 2.66. The van der Waals surface area contributed by atoms with Crippen molar-refractivity contribution in [2.45, 2.75) is 52.0 Å². The zero-order valence-corrected chi connectivity index (χ0v) is 19.3. The van der Waals surface area contributed by atoms with Crippen LogP contribution in [0.4, 0.5) is 5.69 Å². The number of ether oxygens (including phenoxy) is 1. The third kappa shape index (κ3) is 6.74. The van der Waals surface area contributed by atoms with E-state index in [2.05, 4.69) is 24.1 Å². The Hall–Kier alpha value is -1.01. The molecule has 0 saturated heterocycles. The number of rotatable bonds is 8. The number of halogens is 2. The molecule has 2 unspecified atom stereocenters. The van der Waals surface area contributed by atoms with Gasteiger partial charge in [-0.05, 0) is 62.7 Å². The molecule has 1 aromatic rings. The lowest BCUT2D eigenvalue weighted by Crippen LogP contribution is -2.48. The van der Waals surface area contributed by atoms with E-state index in [4.69, 9.17) is 10.5 Å². The van der Waals surface area contributed by atoms with Gasteiger partial charge in [0.1, 0.15) is 12.4 Å². The van der Waals surface area contributed by atoms with Gasteiger partial charge in [0.15, 0.2) is 0 Å². The van der Waals surface area contributed by atoms with Gasteiger partial charge in [-0.15, -0.1) is 24.8 Å². The highest BCUT2D eigenvalue weighted by molar-refractivity contribution is 5.94. The minimum Gasteiger partial charge on any atom is -0.490 e. The Balaban J connectivity index is 0.00000210. The lowest BCUT2D eigenvalue weighted by atomic mass is 9.65. The number of anilines is 1. The van der Waals surface area contributed by atoms with E-state index in [9.17, 15) is 4.79 Å². The van der Waals surface area contributed by atoms with Crippen molar-refractivity contribution in [3.63, 3.8) is 0 Å². The van der Waals surface area contributed by atoms with Crippen LogP contribution in [0.1, 0.15) is 46.0 Å². The highest BCUT2D eigenvalue weighted by atomic mass is 35.5. The van der Waals surface area contributed by atoms with E-state index in [-0.39, 0.29) is 36.6 Å². The van der Waals surface area contributed by atoms with Gasteiger partial charge in [-0.2, -0.15) is 0 Å². The van der Waals surface area contributed by atoms with Crippen molar-refractivity contribution in [1.29, 1.82) is 0 Å². The number of hydrogen-bond donors (Lipinski definition) is 2. The van der Waals surface area contributed by atoms with Crippen LogP contribution in [0.2, 0.25) is 0 Å². The van der Waals surface area contributed by atoms with E-state index in [1.165, 1.54) is 19.3 Å². The van der Waals surface area contributed by atoms with Crippen LogP contribution in [0.5, 0.6) is 5.75 Å². The Morgan fingerprint density at radius 1 is 1.14 bits per heavy atom. The fourth-order valence-electron chi connectivity index (χ4n) is 4.76. The van der Waals surface area contributed by atoms with Crippen molar-refractivity contribution in [2.24, 2.45) is 23.5 Å². The maximum atomic E-state index is 12.9. The second-order valence-electron chi connectivity index (χ2n) is 8.06. The molecule has 29 heavy (non-hydrogen) atoms. The second kappa shape index (κ2) is 12.6. The molecule has 1 aromatic carbocycles. The van der Waals surface area contributed by atoms with Crippen LogP contribution in [-0.2, 0) is 4.79 Å². The molecule has 7 heteroatoms. The number of carbonyl (C=O) groups is 1. The van der Waals surface area contributed by atoms with Crippen molar-refractivity contribution >= 4 is 36.4 Å². The first-order valence-electron chi connectivity index (χ1n) is 10.6. The fraction of sp³-hybridized carbons (Fsp3) is 0.682. The monoisotopic (exact) mass is 445 g/mol. The molecule has 0 aromatic heterocycles. The van der Waals surface area contributed by atoms with Gasteiger partial charge in [0.25, 0.3) is 0 Å². The molecule has 0 spiro atoms. The maximum Gasteiger partial charge on any atom is 0.227 e. The van der Waals surface area contributed by atoms with Crippen molar-refractivity contribution in [3.8, 4) is 5.75 Å². The predicted molar refractivity (Wildman–Crippen MR) is 124 cm³/mol. The van der Waals surface area contributed by atoms with Gasteiger partial charge in [0, 0.05) is 18.5 Å². The summed E-state index contributed by atoms with van der Waals surface area (Å²) in [6.07, 6.45) is 5.46. The third-order valence-electron chi connectivity index (χ3n) is 6.49. The summed E-state index contributed by atoms with van der Waals surface area (Å²) in [5, 5.41) is 3.13. The molecule has 2 aliphatic rings. The molecule has 2 atom stereocenters. The summed E-state index contributed by atoms with van der Waals surface area (Å²) in [6.45, 7) is 7.86. The molecule has 0 heterocycles. The smallest absolute Gasteiger partial charge is 0.227 e. The number of para-hydroxylation sites is 2. The number of amides is 1. The minimum atomic E-state index is 0. The topological polar surface area (TPSA) is 67.6 Å². The molecular weight excluding hydrogens is 409 g/mol. The van der Waals surface area contributed by atoms with Crippen molar-refractivity contribution in [2.75, 3.05) is 31.6 Å². The molecule has 2 fully saturated rings. The molecule has 2 saturated carbocycles. The van der Waals surface area contributed by atoms with Gasteiger partial charge in [-0.25, -0.2) is 0 Å². The van der Waals surface area contributed by atoms with E-state index in [0.717, 1.165) is 43.9 Å². The summed E-state index contributed by atoms with van der Waals surface area (Å²) in [5.41, 5.74) is 7.15. The fourth-order valence-corrected chi connectivity index (χ4v) is 4.76. The lowest BCUT2D eigenvalue weighted by Gasteiger charge is -2.43. The van der Waals surface area contributed by atoms with Crippen LogP contribution in [0.3, 0.4) is 0 Å². The first-order chi connectivity index (χ1) is 13.1. The molecule has 0 aliphatic heterocycles. The molecule has 2 aliphatic carbocycles. The van der Waals surface area contributed by atoms with E-state index < -0.39 is 0 Å². The predicted octanol–water partition coefficient (Wildman–Crippen LogP) is 4.34. The minimum absolute atomic E-state index is 0. The molecule has 1 amide bonds. The van der Waals surface area contributed by atoms with Gasteiger partial charge in [0.2, 0.25) is 5.91 Å². The summed E-state index contributed by atoms with van der Waals surface area (Å²) in [5.74, 6) is 1.97. The summed E-state index contributed by atoms with van der Waals surface area (Å²) in [6, 6.07) is 8.05. The largest absolute Gasteiger partial charge is 0.490 e. The number of nitrogens with one attached hydrogen (secondary N) is 1. The number of hydrogen-bond acceptors (Lipinski definition) is 4. The number of likely N-dealkylation sites (N-methyl/N-ethyl adjacent to an activating group) is 1. The van der Waals surface area contributed by atoms with Crippen LogP contribution in [0.25, 0.3) is 0 Å². The SMILES string of the molecule is CCN(CC)CCOc1ccccc1NC(=O)C1CC2CCCC(C1)C2N.Cl.Cl. The third-order valence-corrected chi connectivity index (χ3v) is 6.49. The Morgan fingerprint density at radius 2 is 1.76 bits per heavy atom. The average molecular weight is 446 g/mol. The standard InChI is InChI=1S/C22H35N3O2.2ClH/c1-3-25(4-2)12-13-27-20-11-6-5-10-19(20)24-22(26)18-14-16-8-7-9-17(15-18)21(16)23;;/h5-6,10-11,16-18,21H,3-4,7-9,12-15,23H2,1-2H3,(H,24,26);2*1H. The molecule has 3 rings (SSSR count). The van der Waals surface area contributed by atoms with Crippen LogP contribution in [0.15, 0.2) is 24.3 Å². The van der Waals surface area contributed by atoms with Crippen molar-refractivity contribution in [3.05, 3.63) is 24.3 Å². The first kappa shape index (κ1) is 26.0. The Bertz CT molecular complexity index is 614. The highest BCUT2D eigenvalue weighted by Gasteiger charge is 2.40. The molecule has 5 nitrogen and oxygen atoms in total. The Labute approximate surface area is 187 Å². The number of nitrogens with zero attached hydrogens (tertiary/aromatic N) is 1. The number of fused-ring (bicyclic) bond motifs is 2. The van der Waals surface area contributed by atoms with Gasteiger partial charge < -0.3 is 20.7 Å². The Morgan fingerprint density at radius 3 is 2.38 bits per heavy atom. The quantitative estimate of drug-likeness (QED) is 0.623. The molecule has 0 radical (unpaired) electrons. The van der Waals surface area contributed by atoms with Crippen LogP contribution in [-0.4, -0.2) is 43.1 Å². The van der Waals surface area contributed by atoms with E-state index in [0.29, 0.717) is 24.5 Å². The molecule has 166 valence electrons. The Kier molecular flexibility index (Phi) is 11.3. The highest BCUT2D eigenvalue weighted by Crippen LogP contribution is 2.42. The zero-order chi connectivity index (χ0) is 19.2. The summed E-state index contributed by atoms with van der Waals surface area (Å²) >= 11 is 0. The van der Waals surface area contributed by atoms with Crippen molar-refractivity contribution < 1.29 is 9.53 Å². The molecule has 2 bridgehead atoms. The summed E-state index contributed by atoms with van der Waals surface area (Å²) in [4.78, 5) is 15.2. The first-order valence-corrected chi connectivity index (χ1v) is 10.6. The molecular formula is C22H37Cl2N3O2. The van der Waals surface area contributed by atoms with E-state index in [1.807, 2.05) is 24.3 Å². The number of benzene rings is 1. The van der Waals surface area contributed by atoms with E-state index in [1.54, 1.807) is 0 Å². The van der Waals surface area contributed by atoms with Crippen LogP contribution in [0, 0.1) is 17.8 Å². The lowest BCUT2D eigenvalue weighted by molar-refractivity contribution is -0.122.